The molecule has 2 aliphatic rings. The van der Waals surface area contributed by atoms with Crippen LogP contribution in [0.3, 0.4) is 0 Å². The quantitative estimate of drug-likeness (QED) is 0.801. The first-order chi connectivity index (χ1) is 12.4. The summed E-state index contributed by atoms with van der Waals surface area (Å²) in [6, 6.07) is 15.7. The topological polar surface area (TPSA) is 18.5 Å². The molecule has 1 saturated heterocycles. The summed E-state index contributed by atoms with van der Waals surface area (Å²) in [5.74, 6) is 0.870. The summed E-state index contributed by atoms with van der Waals surface area (Å²) in [5.41, 5.74) is 6.68. The van der Waals surface area contributed by atoms with E-state index in [-0.39, 0.29) is 5.41 Å². The predicted octanol–water partition coefficient (Wildman–Crippen LogP) is 5.39. The van der Waals surface area contributed by atoms with Gasteiger partial charge in [0.2, 0.25) is 0 Å². The van der Waals surface area contributed by atoms with Crippen LogP contribution in [0, 0.1) is 5.92 Å². The minimum Gasteiger partial charge on any atom is -0.373 e. The summed E-state index contributed by atoms with van der Waals surface area (Å²) >= 11 is 0. The van der Waals surface area contributed by atoms with Gasteiger partial charge in [0.1, 0.15) is 0 Å². The van der Waals surface area contributed by atoms with Crippen molar-refractivity contribution in [3.63, 3.8) is 0 Å². The molecule has 2 aliphatic heterocycles. The molecule has 3 nitrogen and oxygen atoms in total. The average Bonchev–Trinajstić information content (AvgIpc) is 2.85. The molecule has 0 aliphatic carbocycles. The normalized spacial score (nSPS) is 19.5. The summed E-state index contributed by atoms with van der Waals surface area (Å²) in [5, 5.41) is 3.57. The molecule has 2 heterocycles. The fourth-order valence-corrected chi connectivity index (χ4v) is 4.45. The minimum absolute atomic E-state index is 0.232. The van der Waals surface area contributed by atoms with Crippen LogP contribution in [0.1, 0.15) is 39.2 Å². The van der Waals surface area contributed by atoms with E-state index in [1.54, 1.807) is 0 Å². The number of rotatable bonds is 3. The van der Waals surface area contributed by atoms with Gasteiger partial charge in [-0.05, 0) is 60.7 Å². The minimum atomic E-state index is 0.232. The second-order valence-corrected chi connectivity index (χ2v) is 8.81. The largest absolute Gasteiger partial charge is 0.373 e. The van der Waals surface area contributed by atoms with Gasteiger partial charge in [0.15, 0.2) is 0 Å². The number of nitrogens with one attached hydrogen (secondary N) is 1. The van der Waals surface area contributed by atoms with Crippen LogP contribution >= 0.6 is 0 Å². The van der Waals surface area contributed by atoms with Crippen molar-refractivity contribution >= 4 is 22.7 Å². The van der Waals surface area contributed by atoms with Gasteiger partial charge in [0.05, 0.1) is 0 Å². The third-order valence-corrected chi connectivity index (χ3v) is 6.08. The molecule has 0 bridgehead atoms. The lowest BCUT2D eigenvalue weighted by atomic mass is 9.87. The molecule has 138 valence electrons. The SMILES string of the molecule is CC1CCN(c2ccc(Nc3ccc4c(c3)N(C)CC4(C)C)cc2)CC1. The highest BCUT2D eigenvalue weighted by Crippen LogP contribution is 2.41. The van der Waals surface area contributed by atoms with E-state index in [9.17, 15) is 0 Å². The van der Waals surface area contributed by atoms with Gasteiger partial charge in [-0.3, -0.25) is 0 Å². The van der Waals surface area contributed by atoms with Crippen molar-refractivity contribution < 1.29 is 0 Å². The zero-order valence-corrected chi connectivity index (χ0v) is 16.5. The Morgan fingerprint density at radius 2 is 1.62 bits per heavy atom. The van der Waals surface area contributed by atoms with E-state index in [1.165, 1.54) is 42.9 Å². The van der Waals surface area contributed by atoms with Crippen LogP contribution in [0.25, 0.3) is 0 Å². The highest BCUT2D eigenvalue weighted by molar-refractivity contribution is 5.71. The van der Waals surface area contributed by atoms with E-state index < -0.39 is 0 Å². The zero-order valence-electron chi connectivity index (χ0n) is 16.5. The number of hydrogen-bond acceptors (Lipinski definition) is 3. The maximum absolute atomic E-state index is 3.57. The van der Waals surface area contributed by atoms with E-state index >= 15 is 0 Å². The Hall–Kier alpha value is -2.16. The maximum Gasteiger partial charge on any atom is 0.0423 e. The number of likely N-dealkylation sites (N-methyl/N-ethyl adjacent to an activating group) is 1. The lowest BCUT2D eigenvalue weighted by Gasteiger charge is -2.32. The van der Waals surface area contributed by atoms with Crippen LogP contribution in [0.4, 0.5) is 22.7 Å². The van der Waals surface area contributed by atoms with Gasteiger partial charge in [-0.15, -0.1) is 0 Å². The Morgan fingerprint density at radius 3 is 2.31 bits per heavy atom. The van der Waals surface area contributed by atoms with Crippen LogP contribution in [0.5, 0.6) is 0 Å². The molecule has 26 heavy (non-hydrogen) atoms. The van der Waals surface area contributed by atoms with Gasteiger partial charge in [-0.1, -0.05) is 26.8 Å². The van der Waals surface area contributed by atoms with Crippen molar-refractivity contribution in [3.05, 3.63) is 48.0 Å². The molecule has 0 aromatic heterocycles. The fourth-order valence-electron chi connectivity index (χ4n) is 4.45. The van der Waals surface area contributed by atoms with Crippen molar-refractivity contribution in [3.8, 4) is 0 Å². The lowest BCUT2D eigenvalue weighted by Crippen LogP contribution is -2.32. The molecule has 0 amide bonds. The van der Waals surface area contributed by atoms with Crippen molar-refractivity contribution in [2.75, 3.05) is 41.8 Å². The maximum atomic E-state index is 3.57. The van der Waals surface area contributed by atoms with E-state index in [4.69, 9.17) is 0 Å². The van der Waals surface area contributed by atoms with Crippen molar-refractivity contribution in [2.45, 2.75) is 39.0 Å². The van der Waals surface area contributed by atoms with Gasteiger partial charge < -0.3 is 15.1 Å². The first-order valence-corrected chi connectivity index (χ1v) is 9.90. The third kappa shape index (κ3) is 3.27. The zero-order chi connectivity index (χ0) is 18.3. The monoisotopic (exact) mass is 349 g/mol. The number of benzene rings is 2. The van der Waals surface area contributed by atoms with Gasteiger partial charge in [0.25, 0.3) is 0 Å². The van der Waals surface area contributed by atoms with E-state index in [1.807, 2.05) is 0 Å². The Balaban J connectivity index is 1.47. The summed E-state index contributed by atoms with van der Waals surface area (Å²) < 4.78 is 0. The Labute approximate surface area is 158 Å². The standard InChI is InChI=1S/C23H31N3/c1-17-11-13-26(14-12-17)20-8-5-18(6-9-20)24-19-7-10-21-22(15-19)25(4)16-23(21,2)3/h5-10,15,17,24H,11-14,16H2,1-4H3. The second kappa shape index (κ2) is 6.53. The second-order valence-electron chi connectivity index (χ2n) is 8.81. The number of fused-ring (bicyclic) bond motifs is 1. The highest BCUT2D eigenvalue weighted by atomic mass is 15.1. The molecule has 0 radical (unpaired) electrons. The fraction of sp³-hybridized carbons (Fsp3) is 0.478. The van der Waals surface area contributed by atoms with Crippen LogP contribution < -0.4 is 15.1 Å². The first-order valence-electron chi connectivity index (χ1n) is 9.90. The third-order valence-electron chi connectivity index (χ3n) is 6.08. The molecule has 0 unspecified atom stereocenters. The highest BCUT2D eigenvalue weighted by Gasteiger charge is 2.33. The molecule has 0 saturated carbocycles. The van der Waals surface area contributed by atoms with Crippen molar-refractivity contribution in [1.29, 1.82) is 0 Å². The molecule has 1 fully saturated rings. The summed E-state index contributed by atoms with van der Waals surface area (Å²) in [4.78, 5) is 4.87. The number of nitrogens with zero attached hydrogens (tertiary/aromatic N) is 2. The smallest absolute Gasteiger partial charge is 0.0423 e. The van der Waals surface area contributed by atoms with Crippen LogP contribution in [0.15, 0.2) is 42.5 Å². The Bertz CT molecular complexity index is 771. The summed E-state index contributed by atoms with van der Waals surface area (Å²) in [6.45, 7) is 10.4. The first kappa shape index (κ1) is 17.3. The Morgan fingerprint density at radius 1 is 0.962 bits per heavy atom. The molecule has 0 spiro atoms. The summed E-state index contributed by atoms with van der Waals surface area (Å²) in [7, 11) is 2.19. The number of hydrogen-bond donors (Lipinski definition) is 1. The van der Waals surface area contributed by atoms with Crippen LogP contribution in [-0.4, -0.2) is 26.7 Å². The van der Waals surface area contributed by atoms with Gasteiger partial charge in [0, 0.05) is 54.8 Å². The molecule has 4 rings (SSSR count). The van der Waals surface area contributed by atoms with Crippen molar-refractivity contribution in [1.82, 2.24) is 0 Å². The van der Waals surface area contributed by atoms with Gasteiger partial charge >= 0.3 is 0 Å². The van der Waals surface area contributed by atoms with Gasteiger partial charge in [-0.25, -0.2) is 0 Å². The number of anilines is 4. The van der Waals surface area contributed by atoms with E-state index in [2.05, 4.69) is 85.4 Å². The van der Waals surface area contributed by atoms with Crippen LogP contribution in [0.2, 0.25) is 0 Å². The summed E-state index contributed by atoms with van der Waals surface area (Å²) in [6.07, 6.45) is 2.61. The molecule has 2 aromatic rings. The van der Waals surface area contributed by atoms with Gasteiger partial charge in [-0.2, -0.15) is 0 Å². The lowest BCUT2D eigenvalue weighted by molar-refractivity contribution is 0.438. The number of piperidine rings is 1. The van der Waals surface area contributed by atoms with Crippen LogP contribution in [-0.2, 0) is 5.41 Å². The predicted molar refractivity (Wildman–Crippen MR) is 113 cm³/mol. The molecular weight excluding hydrogens is 318 g/mol. The molecule has 3 heteroatoms. The molecule has 0 atom stereocenters. The Kier molecular flexibility index (Phi) is 4.34. The van der Waals surface area contributed by atoms with Crippen molar-refractivity contribution in [2.24, 2.45) is 5.92 Å². The molecule has 1 N–H and O–H groups in total. The van der Waals surface area contributed by atoms with E-state index in [0.717, 1.165) is 23.8 Å². The molecule has 2 aromatic carbocycles. The molecular formula is C23H31N3. The average molecular weight is 350 g/mol. The van der Waals surface area contributed by atoms with E-state index in [0.29, 0.717) is 0 Å².